The van der Waals surface area contributed by atoms with Gasteiger partial charge >= 0.3 is 0 Å². The Balaban J connectivity index is 2.46. The number of hydrogen-bond donors (Lipinski definition) is 1. The van der Waals surface area contributed by atoms with Gasteiger partial charge in [0.15, 0.2) is 0 Å². The summed E-state index contributed by atoms with van der Waals surface area (Å²) in [5, 5.41) is 0. The molecule has 1 heterocycles. The van der Waals surface area contributed by atoms with E-state index in [1.165, 1.54) is 8.66 Å². The summed E-state index contributed by atoms with van der Waals surface area (Å²) >= 11 is 5.25. The van der Waals surface area contributed by atoms with Gasteiger partial charge in [0.2, 0.25) is 0 Å². The molecule has 4 heteroatoms. The third-order valence-corrected chi connectivity index (χ3v) is 3.51. The van der Waals surface area contributed by atoms with Crippen LogP contribution in [-0.4, -0.2) is 24.5 Å². The second-order valence-electron chi connectivity index (χ2n) is 2.86. The molecule has 74 valence electrons. The minimum absolute atomic E-state index is 0.736. The molecular weight excluding hydrogens is 248 g/mol. The molecule has 0 aromatic carbocycles. The first-order chi connectivity index (χ1) is 6.26. The summed E-state index contributed by atoms with van der Waals surface area (Å²) in [7, 11) is 0. The van der Waals surface area contributed by atoms with Crippen LogP contribution in [0.5, 0.6) is 0 Å². The summed E-state index contributed by atoms with van der Waals surface area (Å²) in [5.41, 5.74) is 5.52. The van der Waals surface area contributed by atoms with Gasteiger partial charge in [0.05, 0.1) is 3.79 Å². The Morgan fingerprint density at radius 2 is 2.31 bits per heavy atom. The molecular formula is C9H15BrN2S. The van der Waals surface area contributed by atoms with Gasteiger partial charge < -0.3 is 5.73 Å². The molecule has 0 aliphatic rings. The highest BCUT2D eigenvalue weighted by Crippen LogP contribution is 2.22. The monoisotopic (exact) mass is 262 g/mol. The summed E-state index contributed by atoms with van der Waals surface area (Å²) < 4.78 is 1.20. The number of hydrogen-bond acceptors (Lipinski definition) is 3. The van der Waals surface area contributed by atoms with Gasteiger partial charge in [0.1, 0.15) is 0 Å². The number of rotatable bonds is 5. The SMILES string of the molecule is CCN(CCN)Cc1ccc(Br)s1. The van der Waals surface area contributed by atoms with Crippen molar-refractivity contribution in [3.05, 3.63) is 20.8 Å². The molecule has 0 aliphatic heterocycles. The molecule has 2 N–H and O–H groups in total. The van der Waals surface area contributed by atoms with Gasteiger partial charge in [-0.3, -0.25) is 4.90 Å². The third kappa shape index (κ3) is 3.77. The number of nitrogens with two attached hydrogens (primary N) is 1. The maximum absolute atomic E-state index is 5.52. The lowest BCUT2D eigenvalue weighted by atomic mass is 10.4. The fourth-order valence-electron chi connectivity index (χ4n) is 1.19. The van der Waals surface area contributed by atoms with E-state index in [2.05, 4.69) is 39.9 Å². The Hall–Kier alpha value is 0.1000. The summed E-state index contributed by atoms with van der Waals surface area (Å²) in [5.74, 6) is 0. The second kappa shape index (κ2) is 5.75. The lowest BCUT2D eigenvalue weighted by molar-refractivity contribution is 0.291. The molecule has 0 radical (unpaired) electrons. The summed E-state index contributed by atoms with van der Waals surface area (Å²) in [6.45, 7) is 5.96. The molecule has 1 rings (SSSR count). The zero-order chi connectivity index (χ0) is 9.68. The van der Waals surface area contributed by atoms with Crippen LogP contribution in [0.3, 0.4) is 0 Å². The highest BCUT2D eigenvalue weighted by molar-refractivity contribution is 9.11. The molecule has 2 nitrogen and oxygen atoms in total. The molecule has 13 heavy (non-hydrogen) atoms. The van der Waals surface area contributed by atoms with Gasteiger partial charge in [-0.15, -0.1) is 11.3 Å². The Labute approximate surface area is 91.9 Å². The van der Waals surface area contributed by atoms with Gasteiger partial charge in [0, 0.05) is 24.5 Å². The Kier molecular flexibility index (Phi) is 4.94. The predicted octanol–water partition coefficient (Wildman–Crippen LogP) is 2.29. The maximum atomic E-state index is 5.52. The van der Waals surface area contributed by atoms with Crippen molar-refractivity contribution in [1.82, 2.24) is 4.90 Å². The van der Waals surface area contributed by atoms with Gasteiger partial charge in [-0.2, -0.15) is 0 Å². The molecule has 1 aromatic heterocycles. The van der Waals surface area contributed by atoms with Gasteiger partial charge in [-0.1, -0.05) is 6.92 Å². The van der Waals surface area contributed by atoms with E-state index in [1.807, 2.05) is 0 Å². The van der Waals surface area contributed by atoms with Crippen molar-refractivity contribution in [2.45, 2.75) is 13.5 Å². The Morgan fingerprint density at radius 3 is 2.77 bits per heavy atom. The van der Waals surface area contributed by atoms with Crippen molar-refractivity contribution in [1.29, 1.82) is 0 Å². The molecule has 0 atom stereocenters. The van der Waals surface area contributed by atoms with Crippen molar-refractivity contribution < 1.29 is 0 Å². The first kappa shape index (κ1) is 11.2. The van der Waals surface area contributed by atoms with Crippen LogP contribution in [0.1, 0.15) is 11.8 Å². The van der Waals surface area contributed by atoms with E-state index in [0.717, 1.165) is 26.2 Å². The average Bonchev–Trinajstić information content (AvgIpc) is 2.50. The third-order valence-electron chi connectivity index (χ3n) is 1.90. The molecule has 0 saturated carbocycles. The maximum Gasteiger partial charge on any atom is 0.0701 e. The standard InChI is InChI=1S/C9H15BrN2S/c1-2-12(6-5-11)7-8-3-4-9(10)13-8/h3-4H,2,5-7,11H2,1H3. The first-order valence-electron chi connectivity index (χ1n) is 4.43. The van der Waals surface area contributed by atoms with Crippen LogP contribution in [0.4, 0.5) is 0 Å². The largest absolute Gasteiger partial charge is 0.329 e. The number of thiophene rings is 1. The van der Waals surface area contributed by atoms with Crippen molar-refractivity contribution in [2.75, 3.05) is 19.6 Å². The van der Waals surface area contributed by atoms with Crippen LogP contribution < -0.4 is 5.73 Å². The van der Waals surface area contributed by atoms with E-state index in [1.54, 1.807) is 11.3 Å². The molecule has 0 aliphatic carbocycles. The molecule has 0 amide bonds. The Morgan fingerprint density at radius 1 is 1.54 bits per heavy atom. The van der Waals surface area contributed by atoms with Crippen molar-refractivity contribution >= 4 is 27.3 Å². The van der Waals surface area contributed by atoms with E-state index in [9.17, 15) is 0 Å². The van der Waals surface area contributed by atoms with Crippen LogP contribution in [0.15, 0.2) is 15.9 Å². The lowest BCUT2D eigenvalue weighted by Gasteiger charge is -2.17. The zero-order valence-corrected chi connectivity index (χ0v) is 10.2. The molecule has 0 spiro atoms. The van der Waals surface area contributed by atoms with Crippen LogP contribution >= 0.6 is 27.3 Å². The van der Waals surface area contributed by atoms with Crippen molar-refractivity contribution in [3.63, 3.8) is 0 Å². The quantitative estimate of drug-likeness (QED) is 0.883. The second-order valence-corrected chi connectivity index (χ2v) is 5.41. The van der Waals surface area contributed by atoms with E-state index >= 15 is 0 Å². The molecule has 0 fully saturated rings. The average molecular weight is 263 g/mol. The number of nitrogens with zero attached hydrogens (tertiary/aromatic N) is 1. The van der Waals surface area contributed by atoms with Crippen LogP contribution in [0.2, 0.25) is 0 Å². The van der Waals surface area contributed by atoms with E-state index in [0.29, 0.717) is 0 Å². The molecule has 0 bridgehead atoms. The number of halogens is 1. The van der Waals surface area contributed by atoms with Crippen molar-refractivity contribution in [2.24, 2.45) is 5.73 Å². The molecule has 0 unspecified atom stereocenters. The van der Waals surface area contributed by atoms with E-state index < -0.39 is 0 Å². The van der Waals surface area contributed by atoms with E-state index in [4.69, 9.17) is 5.73 Å². The van der Waals surface area contributed by atoms with Gasteiger partial charge in [0.25, 0.3) is 0 Å². The summed E-state index contributed by atoms with van der Waals surface area (Å²) in [4.78, 5) is 3.74. The van der Waals surface area contributed by atoms with Crippen LogP contribution in [0, 0.1) is 0 Å². The molecule has 1 aromatic rings. The summed E-state index contributed by atoms with van der Waals surface area (Å²) in [6.07, 6.45) is 0. The fourth-order valence-corrected chi connectivity index (χ4v) is 2.71. The lowest BCUT2D eigenvalue weighted by Crippen LogP contribution is -2.28. The fraction of sp³-hybridized carbons (Fsp3) is 0.556. The van der Waals surface area contributed by atoms with E-state index in [-0.39, 0.29) is 0 Å². The van der Waals surface area contributed by atoms with Crippen molar-refractivity contribution in [3.8, 4) is 0 Å². The van der Waals surface area contributed by atoms with Gasteiger partial charge in [-0.25, -0.2) is 0 Å². The minimum Gasteiger partial charge on any atom is -0.329 e. The normalized spacial score (nSPS) is 11.1. The summed E-state index contributed by atoms with van der Waals surface area (Å²) in [6, 6.07) is 4.25. The zero-order valence-electron chi connectivity index (χ0n) is 7.79. The Bertz CT molecular complexity index is 250. The topological polar surface area (TPSA) is 29.3 Å². The van der Waals surface area contributed by atoms with Crippen LogP contribution in [-0.2, 0) is 6.54 Å². The van der Waals surface area contributed by atoms with Crippen LogP contribution in [0.25, 0.3) is 0 Å². The highest BCUT2D eigenvalue weighted by atomic mass is 79.9. The minimum atomic E-state index is 0.736. The predicted molar refractivity (Wildman–Crippen MR) is 62.0 cm³/mol. The number of likely N-dealkylation sites (N-methyl/N-ethyl adjacent to an activating group) is 1. The smallest absolute Gasteiger partial charge is 0.0701 e. The van der Waals surface area contributed by atoms with Gasteiger partial charge in [-0.05, 0) is 34.6 Å². The highest BCUT2D eigenvalue weighted by Gasteiger charge is 2.04. The first-order valence-corrected chi connectivity index (χ1v) is 6.04. The molecule has 0 saturated heterocycles.